The molecular formula is C26H32N8O3. The first-order valence-electron chi connectivity index (χ1n) is 12.4. The number of nitrogens with zero attached hydrogens (tertiary/aromatic N) is 6. The molecule has 1 unspecified atom stereocenters. The molecule has 3 aromatic heterocycles. The number of amides is 1. The fourth-order valence-electron chi connectivity index (χ4n) is 5.15. The van der Waals surface area contributed by atoms with Crippen LogP contribution in [0.4, 0.5) is 5.82 Å². The molecule has 37 heavy (non-hydrogen) atoms. The molecule has 4 N–H and O–H groups in total. The van der Waals surface area contributed by atoms with Gasteiger partial charge in [0.25, 0.3) is 0 Å². The van der Waals surface area contributed by atoms with Crippen LogP contribution in [-0.2, 0) is 16.6 Å². The SMILES string of the molecule is C=CC(=O)N1C[C@@H](n2nc(C#Cc3cc4nc(C5CC5)n(C)c4cn3)c(C(N)O)c2NC)C[C@@H]1COC. The third-order valence-electron chi connectivity index (χ3n) is 7.09. The summed E-state index contributed by atoms with van der Waals surface area (Å²) in [7, 11) is 5.36. The molecule has 0 radical (unpaired) electrons. The molecule has 11 nitrogen and oxygen atoms in total. The summed E-state index contributed by atoms with van der Waals surface area (Å²) in [4.78, 5) is 23.5. The smallest absolute Gasteiger partial charge is 0.246 e. The van der Waals surface area contributed by atoms with E-state index in [1.807, 2.05) is 13.1 Å². The summed E-state index contributed by atoms with van der Waals surface area (Å²) in [5.74, 6) is 8.12. The molecule has 1 aliphatic heterocycles. The number of hydrogen-bond donors (Lipinski definition) is 3. The minimum absolute atomic E-state index is 0.120. The van der Waals surface area contributed by atoms with Crippen LogP contribution in [0.1, 0.15) is 60.2 Å². The number of aryl methyl sites for hydroxylation is 1. The molecule has 0 spiro atoms. The van der Waals surface area contributed by atoms with E-state index >= 15 is 0 Å². The lowest BCUT2D eigenvalue weighted by Gasteiger charge is -2.22. The Morgan fingerprint density at radius 1 is 1.43 bits per heavy atom. The van der Waals surface area contributed by atoms with Gasteiger partial charge in [-0.15, -0.1) is 0 Å². The fraction of sp³-hybridized carbons (Fsp3) is 0.462. The maximum atomic E-state index is 12.4. The van der Waals surface area contributed by atoms with Crippen molar-refractivity contribution in [2.45, 2.75) is 43.5 Å². The van der Waals surface area contributed by atoms with Gasteiger partial charge in [-0.3, -0.25) is 4.79 Å². The molecule has 0 bridgehead atoms. The average Bonchev–Trinajstić information content (AvgIpc) is 3.41. The number of imidazole rings is 1. The van der Waals surface area contributed by atoms with Gasteiger partial charge >= 0.3 is 0 Å². The van der Waals surface area contributed by atoms with Crippen LogP contribution in [0.3, 0.4) is 0 Å². The number of hydrogen-bond acceptors (Lipinski definition) is 8. The number of methoxy groups -OCH3 is 1. The lowest BCUT2D eigenvalue weighted by molar-refractivity contribution is -0.127. The Morgan fingerprint density at radius 3 is 2.86 bits per heavy atom. The van der Waals surface area contributed by atoms with E-state index in [2.05, 4.69) is 33.3 Å². The van der Waals surface area contributed by atoms with E-state index in [0.29, 0.717) is 48.3 Å². The van der Waals surface area contributed by atoms with Gasteiger partial charge in [-0.05, 0) is 37.2 Å². The van der Waals surface area contributed by atoms with E-state index in [4.69, 9.17) is 20.6 Å². The van der Waals surface area contributed by atoms with Crippen LogP contribution in [0.5, 0.6) is 0 Å². The minimum atomic E-state index is -1.30. The molecule has 5 rings (SSSR count). The zero-order chi connectivity index (χ0) is 26.3. The van der Waals surface area contributed by atoms with Crippen molar-refractivity contribution in [2.24, 2.45) is 12.8 Å². The number of rotatable bonds is 7. The molecule has 11 heteroatoms. The largest absolute Gasteiger partial charge is 0.383 e. The van der Waals surface area contributed by atoms with Gasteiger partial charge in [0.2, 0.25) is 5.91 Å². The highest BCUT2D eigenvalue weighted by Crippen LogP contribution is 2.40. The van der Waals surface area contributed by atoms with Crippen molar-refractivity contribution in [2.75, 3.05) is 32.6 Å². The minimum Gasteiger partial charge on any atom is -0.383 e. The highest BCUT2D eigenvalue weighted by molar-refractivity contribution is 5.87. The fourth-order valence-corrected chi connectivity index (χ4v) is 5.15. The molecular weight excluding hydrogens is 472 g/mol. The Labute approximate surface area is 215 Å². The van der Waals surface area contributed by atoms with Crippen LogP contribution in [0.25, 0.3) is 11.0 Å². The molecule has 2 aliphatic rings. The van der Waals surface area contributed by atoms with Crippen LogP contribution in [0.2, 0.25) is 0 Å². The first-order chi connectivity index (χ1) is 17.9. The maximum absolute atomic E-state index is 12.4. The van der Waals surface area contributed by atoms with Crippen LogP contribution >= 0.6 is 0 Å². The van der Waals surface area contributed by atoms with Crippen molar-refractivity contribution >= 4 is 22.8 Å². The summed E-state index contributed by atoms with van der Waals surface area (Å²) >= 11 is 0. The maximum Gasteiger partial charge on any atom is 0.246 e. The lowest BCUT2D eigenvalue weighted by Crippen LogP contribution is -2.37. The van der Waals surface area contributed by atoms with Crippen LogP contribution in [0, 0.1) is 11.8 Å². The van der Waals surface area contributed by atoms with Crippen molar-refractivity contribution in [1.29, 1.82) is 0 Å². The van der Waals surface area contributed by atoms with Crippen molar-refractivity contribution in [1.82, 2.24) is 29.2 Å². The van der Waals surface area contributed by atoms with Gasteiger partial charge in [0.1, 0.15) is 29.3 Å². The van der Waals surface area contributed by atoms with Crippen molar-refractivity contribution in [3.05, 3.63) is 47.7 Å². The summed E-state index contributed by atoms with van der Waals surface area (Å²) in [6.45, 7) is 4.43. The number of ether oxygens (including phenoxy) is 1. The summed E-state index contributed by atoms with van der Waals surface area (Å²) in [5.41, 5.74) is 9.05. The zero-order valence-corrected chi connectivity index (χ0v) is 21.3. The van der Waals surface area contributed by atoms with Crippen molar-refractivity contribution in [3.8, 4) is 11.8 Å². The molecule has 4 heterocycles. The summed E-state index contributed by atoms with van der Waals surface area (Å²) < 4.78 is 9.19. The first-order valence-corrected chi connectivity index (χ1v) is 12.4. The second kappa shape index (κ2) is 9.97. The zero-order valence-electron chi connectivity index (χ0n) is 21.3. The predicted molar refractivity (Wildman–Crippen MR) is 139 cm³/mol. The molecule has 2 fully saturated rings. The van der Waals surface area contributed by atoms with Crippen molar-refractivity contribution < 1.29 is 14.6 Å². The molecule has 3 aromatic rings. The molecule has 194 valence electrons. The third kappa shape index (κ3) is 4.59. The van der Waals surface area contributed by atoms with E-state index in [9.17, 15) is 9.90 Å². The number of fused-ring (bicyclic) bond motifs is 1. The number of pyridine rings is 1. The number of aliphatic hydroxyl groups is 1. The number of nitrogens with two attached hydrogens (primary N) is 1. The van der Waals surface area contributed by atoms with Gasteiger partial charge in [-0.2, -0.15) is 5.10 Å². The molecule has 1 aliphatic carbocycles. The van der Waals surface area contributed by atoms with E-state index in [0.717, 1.165) is 16.9 Å². The number of aromatic nitrogens is 5. The monoisotopic (exact) mass is 504 g/mol. The number of anilines is 1. The van der Waals surface area contributed by atoms with Gasteiger partial charge in [0.15, 0.2) is 0 Å². The Kier molecular flexibility index (Phi) is 6.72. The normalized spacial score (nSPS) is 20.1. The third-order valence-corrected chi connectivity index (χ3v) is 7.09. The number of aliphatic hydroxyl groups excluding tert-OH is 1. The summed E-state index contributed by atoms with van der Waals surface area (Å²) in [6.07, 6.45) is 4.76. The van der Waals surface area contributed by atoms with Gasteiger partial charge < -0.3 is 30.4 Å². The second-order valence-corrected chi connectivity index (χ2v) is 9.56. The lowest BCUT2D eigenvalue weighted by atomic mass is 10.1. The summed E-state index contributed by atoms with van der Waals surface area (Å²) in [6, 6.07) is 1.58. The molecule has 3 atom stereocenters. The Hall–Kier alpha value is -3.72. The Balaban J connectivity index is 1.49. The highest BCUT2D eigenvalue weighted by atomic mass is 16.5. The molecule has 1 saturated heterocycles. The van der Waals surface area contributed by atoms with E-state index in [1.165, 1.54) is 18.9 Å². The number of likely N-dealkylation sites (tertiary alicyclic amines) is 1. The van der Waals surface area contributed by atoms with E-state index in [1.54, 1.807) is 29.9 Å². The number of carbonyl (C=O) groups is 1. The first kappa shape index (κ1) is 25.0. The van der Waals surface area contributed by atoms with Gasteiger partial charge in [-0.25, -0.2) is 14.6 Å². The van der Waals surface area contributed by atoms with Crippen LogP contribution in [-0.4, -0.2) is 73.6 Å². The van der Waals surface area contributed by atoms with Crippen LogP contribution < -0.4 is 11.1 Å². The Bertz CT molecular complexity index is 1410. The van der Waals surface area contributed by atoms with Crippen LogP contribution in [0.15, 0.2) is 24.9 Å². The van der Waals surface area contributed by atoms with Gasteiger partial charge in [-0.1, -0.05) is 6.58 Å². The number of carbonyl (C=O) groups excluding carboxylic acids is 1. The average molecular weight is 505 g/mol. The van der Waals surface area contributed by atoms with E-state index in [-0.39, 0.29) is 18.0 Å². The number of nitrogens with one attached hydrogen (secondary N) is 1. The quantitative estimate of drug-likeness (QED) is 0.250. The highest BCUT2D eigenvalue weighted by Gasteiger charge is 2.37. The Morgan fingerprint density at radius 2 is 2.22 bits per heavy atom. The molecule has 1 amide bonds. The predicted octanol–water partition coefficient (Wildman–Crippen LogP) is 1.41. The second-order valence-electron chi connectivity index (χ2n) is 9.56. The van der Waals surface area contributed by atoms with Gasteiger partial charge in [0.05, 0.1) is 41.5 Å². The molecule has 0 aromatic carbocycles. The standard InChI is InChI=1S/C26H32N8O3/c1-5-22(35)33-13-17(11-18(33)14-37-4)34-26(28-2)23(24(27)36)19(31-34)9-8-16-10-20-21(12-29-16)32(3)25(30-20)15-6-7-15/h5,10,12,15,17-18,24,28,36H,1,6-7,11,13-14,27H2,2-4H3/t17-,18+,24?/m0/s1. The molecule has 1 saturated carbocycles. The van der Waals surface area contributed by atoms with Crippen molar-refractivity contribution in [3.63, 3.8) is 0 Å². The summed E-state index contributed by atoms with van der Waals surface area (Å²) in [5, 5.41) is 18.2. The van der Waals surface area contributed by atoms with E-state index < -0.39 is 6.23 Å². The van der Waals surface area contributed by atoms with Gasteiger partial charge in [0, 0.05) is 39.7 Å². The topological polar surface area (TPSA) is 136 Å².